The number of carbonyl (C=O) groups excluding carboxylic acids is 1. The highest BCUT2D eigenvalue weighted by atomic mass is 32.1. The number of fused-ring (bicyclic) bond motifs is 1. The minimum absolute atomic E-state index is 0.111. The van der Waals surface area contributed by atoms with E-state index in [0.717, 1.165) is 23.7 Å². The first kappa shape index (κ1) is 14.7. The molecule has 0 spiro atoms. The molecule has 0 saturated heterocycles. The average molecular weight is 310 g/mol. The Bertz CT molecular complexity index is 747. The van der Waals surface area contributed by atoms with Crippen molar-refractivity contribution in [3.05, 3.63) is 64.5 Å². The number of para-hydroxylation sites is 1. The number of aromatic nitrogens is 1. The first-order valence-corrected chi connectivity index (χ1v) is 8.37. The number of nitrogens with zero attached hydrogens (tertiary/aromatic N) is 1. The molecular formula is C18H18N2OS. The van der Waals surface area contributed by atoms with E-state index in [1.54, 1.807) is 11.3 Å². The van der Waals surface area contributed by atoms with E-state index in [1.165, 1.54) is 11.1 Å². The van der Waals surface area contributed by atoms with E-state index < -0.39 is 0 Å². The molecular weight excluding hydrogens is 292 g/mol. The zero-order valence-electron chi connectivity index (χ0n) is 12.3. The van der Waals surface area contributed by atoms with Crippen molar-refractivity contribution in [2.75, 3.05) is 6.54 Å². The normalized spacial score (nSPS) is 10.7. The van der Waals surface area contributed by atoms with E-state index in [-0.39, 0.29) is 5.91 Å². The summed E-state index contributed by atoms with van der Waals surface area (Å²) in [5, 5.41) is 8.27. The van der Waals surface area contributed by atoms with Crippen LogP contribution in [0, 0.1) is 0 Å². The van der Waals surface area contributed by atoms with Crippen molar-refractivity contribution >= 4 is 28.1 Å². The Hall–Kier alpha value is -2.20. The fraction of sp³-hybridized carbons (Fsp3) is 0.222. The van der Waals surface area contributed by atoms with Crippen LogP contribution in [0.15, 0.2) is 53.4 Å². The van der Waals surface area contributed by atoms with Gasteiger partial charge in [-0.25, -0.2) is 0 Å². The van der Waals surface area contributed by atoms with Crippen LogP contribution in [0.4, 0.5) is 0 Å². The Morgan fingerprint density at radius 2 is 2.05 bits per heavy atom. The highest BCUT2D eigenvalue weighted by Crippen LogP contribution is 2.16. The van der Waals surface area contributed by atoms with Gasteiger partial charge >= 0.3 is 0 Å². The lowest BCUT2D eigenvalue weighted by Crippen LogP contribution is -2.25. The smallest absolute Gasteiger partial charge is 0.220 e. The standard InChI is InChI=1S/C18H18N2OS/c21-17(7-6-14-9-12-22-13-14)19-11-8-16-4-1-3-15-5-2-10-20-18(15)16/h1-5,9-10,12-13H,6-8,11H2,(H,19,21). The second-order valence-corrected chi connectivity index (χ2v) is 6.00. The van der Waals surface area contributed by atoms with Crippen LogP contribution < -0.4 is 5.32 Å². The fourth-order valence-electron chi connectivity index (χ4n) is 2.49. The van der Waals surface area contributed by atoms with Gasteiger partial charge in [-0.1, -0.05) is 24.3 Å². The van der Waals surface area contributed by atoms with Crippen LogP contribution in [-0.4, -0.2) is 17.4 Å². The molecule has 0 radical (unpaired) electrons. The number of hydrogen-bond acceptors (Lipinski definition) is 3. The number of nitrogens with one attached hydrogen (secondary N) is 1. The van der Waals surface area contributed by atoms with Crippen molar-refractivity contribution < 1.29 is 4.79 Å². The van der Waals surface area contributed by atoms with Crippen LogP contribution in [-0.2, 0) is 17.6 Å². The molecule has 2 heterocycles. The molecule has 3 aromatic rings. The molecule has 0 fully saturated rings. The molecule has 0 bridgehead atoms. The molecule has 0 aliphatic carbocycles. The fourth-order valence-corrected chi connectivity index (χ4v) is 3.19. The molecule has 3 rings (SSSR count). The molecule has 22 heavy (non-hydrogen) atoms. The Balaban J connectivity index is 1.50. The van der Waals surface area contributed by atoms with Gasteiger partial charge in [0, 0.05) is 24.5 Å². The minimum atomic E-state index is 0.111. The molecule has 2 aromatic heterocycles. The highest BCUT2D eigenvalue weighted by Gasteiger charge is 2.04. The lowest BCUT2D eigenvalue weighted by Gasteiger charge is -2.07. The third-order valence-corrected chi connectivity index (χ3v) is 4.39. The zero-order chi connectivity index (χ0) is 15.2. The summed E-state index contributed by atoms with van der Waals surface area (Å²) in [4.78, 5) is 16.3. The lowest BCUT2D eigenvalue weighted by atomic mass is 10.1. The van der Waals surface area contributed by atoms with Gasteiger partial charge in [-0.3, -0.25) is 9.78 Å². The van der Waals surface area contributed by atoms with Gasteiger partial charge in [0.2, 0.25) is 5.91 Å². The molecule has 4 heteroatoms. The monoisotopic (exact) mass is 310 g/mol. The molecule has 0 atom stereocenters. The predicted octanol–water partition coefficient (Wildman–Crippen LogP) is 3.59. The van der Waals surface area contributed by atoms with Crippen LogP contribution in [0.1, 0.15) is 17.5 Å². The third-order valence-electron chi connectivity index (χ3n) is 3.65. The number of benzene rings is 1. The summed E-state index contributed by atoms with van der Waals surface area (Å²) >= 11 is 1.67. The summed E-state index contributed by atoms with van der Waals surface area (Å²) < 4.78 is 0. The summed E-state index contributed by atoms with van der Waals surface area (Å²) in [5.74, 6) is 0.111. The molecule has 1 N–H and O–H groups in total. The second kappa shape index (κ2) is 7.18. The van der Waals surface area contributed by atoms with Gasteiger partial charge in [-0.05, 0) is 46.9 Å². The van der Waals surface area contributed by atoms with Gasteiger partial charge in [-0.15, -0.1) is 0 Å². The Morgan fingerprint density at radius 1 is 1.14 bits per heavy atom. The Kier molecular flexibility index (Phi) is 4.81. The van der Waals surface area contributed by atoms with Gasteiger partial charge in [0.15, 0.2) is 0 Å². The van der Waals surface area contributed by atoms with Gasteiger partial charge in [0.25, 0.3) is 0 Å². The van der Waals surface area contributed by atoms with E-state index in [9.17, 15) is 4.79 Å². The van der Waals surface area contributed by atoms with Crippen LogP contribution in [0.2, 0.25) is 0 Å². The third kappa shape index (κ3) is 3.71. The van der Waals surface area contributed by atoms with Crippen LogP contribution in [0.3, 0.4) is 0 Å². The van der Waals surface area contributed by atoms with E-state index in [4.69, 9.17) is 0 Å². The van der Waals surface area contributed by atoms with Crippen molar-refractivity contribution in [2.45, 2.75) is 19.3 Å². The largest absolute Gasteiger partial charge is 0.356 e. The zero-order valence-corrected chi connectivity index (χ0v) is 13.1. The number of carbonyl (C=O) groups is 1. The van der Waals surface area contributed by atoms with Crippen LogP contribution >= 0.6 is 11.3 Å². The molecule has 3 nitrogen and oxygen atoms in total. The maximum Gasteiger partial charge on any atom is 0.220 e. The molecule has 0 aliphatic rings. The molecule has 1 amide bonds. The van der Waals surface area contributed by atoms with Crippen molar-refractivity contribution in [3.8, 4) is 0 Å². The summed E-state index contributed by atoms with van der Waals surface area (Å²) in [5.41, 5.74) is 3.44. The molecule has 0 aliphatic heterocycles. The van der Waals surface area contributed by atoms with Gasteiger partial charge in [0.1, 0.15) is 0 Å². The quantitative estimate of drug-likeness (QED) is 0.756. The average Bonchev–Trinajstić information content (AvgIpc) is 3.07. The lowest BCUT2D eigenvalue weighted by molar-refractivity contribution is -0.121. The Labute approximate surface area is 134 Å². The predicted molar refractivity (Wildman–Crippen MR) is 91.1 cm³/mol. The summed E-state index contributed by atoms with van der Waals surface area (Å²) in [6.07, 6.45) is 3.97. The van der Waals surface area contributed by atoms with Crippen molar-refractivity contribution in [2.24, 2.45) is 0 Å². The van der Waals surface area contributed by atoms with Gasteiger partial charge in [0.05, 0.1) is 5.52 Å². The van der Waals surface area contributed by atoms with Gasteiger partial charge in [-0.2, -0.15) is 11.3 Å². The first-order chi connectivity index (χ1) is 10.8. The maximum atomic E-state index is 11.9. The van der Waals surface area contributed by atoms with Gasteiger partial charge < -0.3 is 5.32 Å². The van der Waals surface area contributed by atoms with Crippen LogP contribution in [0.5, 0.6) is 0 Å². The first-order valence-electron chi connectivity index (χ1n) is 7.43. The summed E-state index contributed by atoms with van der Waals surface area (Å²) in [7, 11) is 0. The molecule has 0 unspecified atom stereocenters. The van der Waals surface area contributed by atoms with Crippen molar-refractivity contribution in [3.63, 3.8) is 0 Å². The van der Waals surface area contributed by atoms with Crippen molar-refractivity contribution in [1.82, 2.24) is 10.3 Å². The number of thiophene rings is 1. The SMILES string of the molecule is O=C(CCc1ccsc1)NCCc1cccc2cccnc12. The maximum absolute atomic E-state index is 11.9. The van der Waals surface area contributed by atoms with E-state index in [2.05, 4.69) is 39.9 Å². The topological polar surface area (TPSA) is 42.0 Å². The number of aryl methyl sites for hydroxylation is 1. The highest BCUT2D eigenvalue weighted by molar-refractivity contribution is 7.07. The molecule has 0 saturated carbocycles. The van der Waals surface area contributed by atoms with E-state index >= 15 is 0 Å². The number of pyridine rings is 1. The Morgan fingerprint density at radius 3 is 2.91 bits per heavy atom. The second-order valence-electron chi connectivity index (χ2n) is 5.22. The number of amides is 1. The van der Waals surface area contributed by atoms with Crippen molar-refractivity contribution in [1.29, 1.82) is 0 Å². The number of rotatable bonds is 6. The summed E-state index contributed by atoms with van der Waals surface area (Å²) in [6, 6.07) is 12.2. The molecule has 112 valence electrons. The van der Waals surface area contributed by atoms with Crippen LogP contribution in [0.25, 0.3) is 10.9 Å². The minimum Gasteiger partial charge on any atom is -0.356 e. The molecule has 1 aromatic carbocycles. The van der Waals surface area contributed by atoms with E-state index in [0.29, 0.717) is 13.0 Å². The van der Waals surface area contributed by atoms with E-state index in [1.807, 2.05) is 23.7 Å². The summed E-state index contributed by atoms with van der Waals surface area (Å²) in [6.45, 7) is 0.651. The number of hydrogen-bond donors (Lipinski definition) is 1.